The van der Waals surface area contributed by atoms with E-state index >= 15 is 0 Å². The first-order chi connectivity index (χ1) is 41.2. The van der Waals surface area contributed by atoms with Crippen molar-refractivity contribution in [3.63, 3.8) is 0 Å². The molecule has 0 aliphatic carbocycles. The van der Waals surface area contributed by atoms with Crippen LogP contribution in [0.25, 0.3) is 99.5 Å². The lowest BCUT2D eigenvalue weighted by atomic mass is 9.33. The van der Waals surface area contributed by atoms with Crippen LogP contribution >= 0.6 is 0 Å². The van der Waals surface area contributed by atoms with E-state index in [-0.39, 0.29) is 6.71 Å². The first kappa shape index (κ1) is 47.0. The van der Waals surface area contributed by atoms with E-state index in [0.29, 0.717) is 0 Å². The highest BCUT2D eigenvalue weighted by molar-refractivity contribution is 7.00. The molecule has 0 amide bonds. The summed E-state index contributed by atoms with van der Waals surface area (Å²) in [5, 5.41) is 4.94. The van der Waals surface area contributed by atoms with Gasteiger partial charge in [-0.3, -0.25) is 0 Å². The molecule has 0 spiro atoms. The summed E-state index contributed by atoms with van der Waals surface area (Å²) in [5.74, 6) is 0. The van der Waals surface area contributed by atoms with E-state index in [2.05, 4.69) is 328 Å². The molecule has 0 N–H and O–H groups in total. The second kappa shape index (κ2) is 18.9. The SMILES string of the molecule is c1ccc(-c2cc3c4c(c2)N(c2ccccc2-c2ccccc2)c2cc(-n5c6ccccc6c6ccccc65)ccc2B4c2ccc(-c4ccc5c(c4)c4ccccc4n5-c4ccccc4)cc2N3c2ccccc2-c2ccccc2)cc1. The van der Waals surface area contributed by atoms with Crippen molar-refractivity contribution in [2.24, 2.45) is 0 Å². The lowest BCUT2D eigenvalue weighted by Crippen LogP contribution is -2.61. The molecule has 0 fully saturated rings. The van der Waals surface area contributed by atoms with Gasteiger partial charge in [-0.2, -0.15) is 0 Å². The molecule has 13 aromatic carbocycles. The van der Waals surface area contributed by atoms with E-state index in [1.54, 1.807) is 0 Å². The van der Waals surface area contributed by atoms with Gasteiger partial charge in [-0.25, -0.2) is 0 Å². The van der Waals surface area contributed by atoms with Gasteiger partial charge in [0, 0.05) is 66.8 Å². The van der Waals surface area contributed by atoms with Crippen molar-refractivity contribution in [2.45, 2.75) is 0 Å². The molecule has 5 heteroatoms. The van der Waals surface area contributed by atoms with Crippen LogP contribution in [0.4, 0.5) is 34.1 Å². The third-order valence-electron chi connectivity index (χ3n) is 17.5. The Morgan fingerprint density at radius 2 is 0.614 bits per heavy atom. The molecule has 0 atom stereocenters. The molecule has 0 saturated carbocycles. The normalized spacial score (nSPS) is 12.5. The van der Waals surface area contributed by atoms with Crippen molar-refractivity contribution >= 4 is 101 Å². The predicted molar refractivity (Wildman–Crippen MR) is 351 cm³/mol. The van der Waals surface area contributed by atoms with Crippen LogP contribution in [-0.2, 0) is 0 Å². The van der Waals surface area contributed by atoms with Crippen LogP contribution in [0.2, 0.25) is 0 Å². The quantitative estimate of drug-likeness (QED) is 0.141. The maximum atomic E-state index is 2.60. The number of benzene rings is 13. The maximum Gasteiger partial charge on any atom is 0.252 e. The average molecular weight is 1060 g/mol. The molecule has 0 radical (unpaired) electrons. The number of aromatic nitrogens is 2. The first-order valence-electron chi connectivity index (χ1n) is 28.7. The number of nitrogens with zero attached hydrogens (tertiary/aromatic N) is 4. The zero-order valence-electron chi connectivity index (χ0n) is 45.3. The van der Waals surface area contributed by atoms with Gasteiger partial charge >= 0.3 is 0 Å². The van der Waals surface area contributed by atoms with Crippen LogP contribution in [0.5, 0.6) is 0 Å². The third kappa shape index (κ3) is 7.34. The van der Waals surface area contributed by atoms with Gasteiger partial charge < -0.3 is 18.9 Å². The van der Waals surface area contributed by atoms with Crippen LogP contribution < -0.4 is 26.2 Å². The van der Waals surface area contributed by atoms with Crippen molar-refractivity contribution in [2.75, 3.05) is 9.80 Å². The minimum Gasteiger partial charge on any atom is -0.311 e. The molecule has 0 bridgehead atoms. The van der Waals surface area contributed by atoms with Crippen LogP contribution in [0.1, 0.15) is 0 Å². The van der Waals surface area contributed by atoms with E-state index in [4.69, 9.17) is 0 Å². The highest BCUT2D eigenvalue weighted by atomic mass is 15.2. The highest BCUT2D eigenvalue weighted by Crippen LogP contribution is 2.51. The van der Waals surface area contributed by atoms with Crippen molar-refractivity contribution in [1.29, 1.82) is 0 Å². The Morgan fingerprint density at radius 1 is 0.217 bits per heavy atom. The van der Waals surface area contributed by atoms with Crippen LogP contribution in [0.3, 0.4) is 0 Å². The molecule has 4 nitrogen and oxygen atoms in total. The van der Waals surface area contributed by atoms with Gasteiger partial charge in [-0.1, -0.05) is 224 Å². The molecule has 17 rings (SSSR count). The van der Waals surface area contributed by atoms with Gasteiger partial charge in [-0.15, -0.1) is 0 Å². The number of fused-ring (bicyclic) bond motifs is 10. The Kier molecular flexibility index (Phi) is 10.7. The number of hydrogen-bond donors (Lipinski definition) is 0. The molecule has 4 heterocycles. The molecule has 15 aromatic rings. The zero-order valence-corrected chi connectivity index (χ0v) is 45.3. The van der Waals surface area contributed by atoms with Gasteiger partial charge in [0.05, 0.1) is 33.4 Å². The number of rotatable bonds is 8. The predicted octanol–water partition coefficient (Wildman–Crippen LogP) is 18.6. The van der Waals surface area contributed by atoms with E-state index in [1.807, 2.05) is 0 Å². The Morgan fingerprint density at radius 3 is 1.18 bits per heavy atom. The fourth-order valence-corrected chi connectivity index (χ4v) is 13.9. The maximum absolute atomic E-state index is 2.60. The summed E-state index contributed by atoms with van der Waals surface area (Å²) in [5.41, 5.74) is 26.9. The van der Waals surface area contributed by atoms with Crippen molar-refractivity contribution < 1.29 is 0 Å². The third-order valence-corrected chi connectivity index (χ3v) is 17.5. The topological polar surface area (TPSA) is 16.3 Å². The lowest BCUT2D eigenvalue weighted by Gasteiger charge is -2.45. The van der Waals surface area contributed by atoms with E-state index < -0.39 is 0 Å². The van der Waals surface area contributed by atoms with Gasteiger partial charge in [-0.05, 0) is 135 Å². The second-order valence-corrected chi connectivity index (χ2v) is 22.0. The summed E-state index contributed by atoms with van der Waals surface area (Å²) < 4.78 is 4.86. The van der Waals surface area contributed by atoms with E-state index in [9.17, 15) is 0 Å². The molecule has 2 aliphatic heterocycles. The number of hydrogen-bond acceptors (Lipinski definition) is 2. The summed E-state index contributed by atoms with van der Waals surface area (Å²) in [4.78, 5) is 5.19. The molecule has 386 valence electrons. The van der Waals surface area contributed by atoms with Gasteiger partial charge in [0.25, 0.3) is 6.71 Å². The highest BCUT2D eigenvalue weighted by Gasteiger charge is 2.45. The van der Waals surface area contributed by atoms with Gasteiger partial charge in [0.1, 0.15) is 0 Å². The summed E-state index contributed by atoms with van der Waals surface area (Å²) in [6.07, 6.45) is 0. The smallest absolute Gasteiger partial charge is 0.252 e. The van der Waals surface area contributed by atoms with Crippen LogP contribution in [0.15, 0.2) is 309 Å². The lowest BCUT2D eigenvalue weighted by molar-refractivity contribution is 1.17. The molecule has 2 aliphatic rings. The van der Waals surface area contributed by atoms with E-state index in [1.165, 1.54) is 65.6 Å². The molecule has 0 unspecified atom stereocenters. The Bertz CT molecular complexity index is 4990. The minimum absolute atomic E-state index is 0.136. The summed E-state index contributed by atoms with van der Waals surface area (Å²) >= 11 is 0. The number of anilines is 6. The average Bonchev–Trinajstić information content (AvgIpc) is 1.66. The molecule has 0 saturated heterocycles. The standard InChI is InChI=1S/C78H51BN4/c1-5-23-52(24-6-1)57-49-76-78-77(50-57)83(69-37-19-14-32-61(69)54-27-9-3-10-28-54)75-51-59(81-70-38-20-15-33-62(70)63-34-16-21-39-71(63)81)43-45-67(75)79(78)66-44-41-56(48-74(66)82(76)68-36-18-13-31-60(68)53-25-7-2-8-26-53)55-42-46-73-65(47-55)64-35-17-22-40-72(64)80(73)58-29-11-4-12-30-58/h1-51H. The fraction of sp³-hybridized carbons (Fsp3) is 0. The van der Waals surface area contributed by atoms with Crippen LogP contribution in [-0.4, -0.2) is 15.8 Å². The van der Waals surface area contributed by atoms with Crippen molar-refractivity contribution in [3.8, 4) is 55.9 Å². The first-order valence-corrected chi connectivity index (χ1v) is 28.7. The van der Waals surface area contributed by atoms with Crippen LogP contribution in [0, 0.1) is 0 Å². The van der Waals surface area contributed by atoms with Crippen molar-refractivity contribution in [3.05, 3.63) is 309 Å². The van der Waals surface area contributed by atoms with Crippen molar-refractivity contribution in [1.82, 2.24) is 9.13 Å². The fourth-order valence-electron chi connectivity index (χ4n) is 13.9. The molecular formula is C78H51BN4. The van der Waals surface area contributed by atoms with E-state index in [0.717, 1.165) is 84.4 Å². The summed E-state index contributed by atoms with van der Waals surface area (Å²) in [7, 11) is 0. The minimum atomic E-state index is -0.136. The molecular weight excluding hydrogens is 1000 g/mol. The molecule has 83 heavy (non-hydrogen) atoms. The summed E-state index contributed by atoms with van der Waals surface area (Å²) in [6, 6.07) is 115. The Hall–Kier alpha value is -10.9. The largest absolute Gasteiger partial charge is 0.311 e. The summed E-state index contributed by atoms with van der Waals surface area (Å²) in [6.45, 7) is -0.136. The Labute approximate surface area is 482 Å². The zero-order chi connectivity index (χ0) is 54.5. The molecule has 2 aromatic heterocycles. The van der Waals surface area contributed by atoms with Gasteiger partial charge in [0.15, 0.2) is 0 Å². The Balaban J connectivity index is 0.973. The van der Waals surface area contributed by atoms with Gasteiger partial charge in [0.2, 0.25) is 0 Å². The number of para-hydroxylation sites is 6. The monoisotopic (exact) mass is 1050 g/mol. The second-order valence-electron chi connectivity index (χ2n) is 22.0.